The number of anilines is 3. The van der Waals surface area contributed by atoms with Crippen LogP contribution in [0.2, 0.25) is 0 Å². The van der Waals surface area contributed by atoms with Crippen LogP contribution in [0.3, 0.4) is 0 Å². The number of rotatable bonds is 4. The summed E-state index contributed by atoms with van der Waals surface area (Å²) in [6.45, 7) is 0. The summed E-state index contributed by atoms with van der Waals surface area (Å²) in [7, 11) is 0. The third-order valence-corrected chi connectivity index (χ3v) is 2.80. The Morgan fingerprint density at radius 1 is 1.32 bits per heavy atom. The van der Waals surface area contributed by atoms with Gasteiger partial charge in [-0.25, -0.2) is 9.67 Å². The van der Waals surface area contributed by atoms with Crippen molar-refractivity contribution >= 4 is 23.4 Å². The summed E-state index contributed by atoms with van der Waals surface area (Å²) >= 11 is 0. The zero-order chi connectivity index (χ0) is 15.5. The zero-order valence-electron chi connectivity index (χ0n) is 11.2. The monoisotopic (exact) mass is 297 g/mol. The molecule has 3 rings (SSSR count). The lowest BCUT2D eigenvalue weighted by atomic mass is 10.2. The van der Waals surface area contributed by atoms with Gasteiger partial charge in [-0.3, -0.25) is 4.79 Å². The Kier molecular flexibility index (Phi) is 3.32. The molecule has 0 aliphatic heterocycles. The number of benzene rings is 1. The number of carbonyl (C=O) groups excluding carboxylic acids is 1. The Bertz CT molecular complexity index is 815. The van der Waals surface area contributed by atoms with E-state index in [2.05, 4.69) is 30.8 Å². The van der Waals surface area contributed by atoms with Gasteiger partial charge in [-0.05, 0) is 28.6 Å². The number of nitrogen functional groups attached to an aromatic ring is 1. The standard InChI is InChI=1S/C12H11N9O/c13-10(22)9-5-15-12(14)18-11(9)17-7-2-1-3-8(4-7)21-6-16-19-20-21/h1-6H,(H2,13,22)(H3,14,15,17,18). The van der Waals surface area contributed by atoms with E-state index in [4.69, 9.17) is 11.5 Å². The van der Waals surface area contributed by atoms with Crippen molar-refractivity contribution in [3.05, 3.63) is 42.4 Å². The smallest absolute Gasteiger partial charge is 0.254 e. The van der Waals surface area contributed by atoms with Gasteiger partial charge in [0.1, 0.15) is 17.7 Å². The van der Waals surface area contributed by atoms with Crippen molar-refractivity contribution in [2.75, 3.05) is 11.1 Å². The first-order valence-corrected chi connectivity index (χ1v) is 6.16. The minimum Gasteiger partial charge on any atom is -0.368 e. The first kappa shape index (κ1) is 13.4. The summed E-state index contributed by atoms with van der Waals surface area (Å²) in [5, 5.41) is 13.9. The molecule has 1 amide bonds. The maximum Gasteiger partial charge on any atom is 0.254 e. The van der Waals surface area contributed by atoms with Crippen molar-refractivity contribution in [2.24, 2.45) is 5.73 Å². The Morgan fingerprint density at radius 3 is 2.91 bits per heavy atom. The Hall–Kier alpha value is -3.56. The lowest BCUT2D eigenvalue weighted by Crippen LogP contribution is -2.15. The summed E-state index contributed by atoms with van der Waals surface area (Å²) in [5.41, 5.74) is 12.4. The van der Waals surface area contributed by atoms with E-state index in [0.29, 0.717) is 5.69 Å². The third kappa shape index (κ3) is 2.65. The maximum absolute atomic E-state index is 11.4. The highest BCUT2D eigenvalue weighted by atomic mass is 16.1. The molecule has 10 nitrogen and oxygen atoms in total. The van der Waals surface area contributed by atoms with Gasteiger partial charge in [-0.15, -0.1) is 5.10 Å². The third-order valence-electron chi connectivity index (χ3n) is 2.80. The topological polar surface area (TPSA) is 151 Å². The van der Waals surface area contributed by atoms with Crippen molar-refractivity contribution in [3.8, 4) is 5.69 Å². The average molecular weight is 297 g/mol. The van der Waals surface area contributed by atoms with Crippen LogP contribution in [0, 0.1) is 0 Å². The molecule has 0 spiro atoms. The van der Waals surface area contributed by atoms with E-state index >= 15 is 0 Å². The Morgan fingerprint density at radius 2 is 2.18 bits per heavy atom. The lowest BCUT2D eigenvalue weighted by Gasteiger charge is -2.10. The van der Waals surface area contributed by atoms with Crippen molar-refractivity contribution in [2.45, 2.75) is 0 Å². The second kappa shape index (κ2) is 5.44. The van der Waals surface area contributed by atoms with Gasteiger partial charge in [0.05, 0.1) is 5.69 Å². The predicted molar refractivity (Wildman–Crippen MR) is 77.4 cm³/mol. The fourth-order valence-corrected chi connectivity index (χ4v) is 1.81. The van der Waals surface area contributed by atoms with E-state index in [1.165, 1.54) is 17.2 Å². The SMILES string of the molecule is NC(=O)c1cnc(N)nc1Nc1cccc(-n2cnnn2)c1. The van der Waals surface area contributed by atoms with Gasteiger partial charge in [0.2, 0.25) is 5.95 Å². The molecular formula is C12H11N9O. The summed E-state index contributed by atoms with van der Waals surface area (Å²) in [6.07, 6.45) is 2.74. The minimum atomic E-state index is -0.654. The summed E-state index contributed by atoms with van der Waals surface area (Å²) in [6, 6.07) is 7.19. The minimum absolute atomic E-state index is 0.0316. The first-order chi connectivity index (χ1) is 10.6. The van der Waals surface area contributed by atoms with E-state index in [1.807, 2.05) is 6.07 Å². The first-order valence-electron chi connectivity index (χ1n) is 6.16. The van der Waals surface area contributed by atoms with Crippen LogP contribution < -0.4 is 16.8 Å². The quantitative estimate of drug-likeness (QED) is 0.602. The van der Waals surface area contributed by atoms with Crippen LogP contribution in [-0.2, 0) is 0 Å². The molecule has 0 radical (unpaired) electrons. The normalized spacial score (nSPS) is 10.4. The van der Waals surface area contributed by atoms with E-state index in [9.17, 15) is 4.79 Å². The van der Waals surface area contributed by atoms with Crippen LogP contribution in [0.4, 0.5) is 17.5 Å². The molecule has 1 aromatic carbocycles. The van der Waals surface area contributed by atoms with Crippen LogP contribution in [0.1, 0.15) is 10.4 Å². The van der Waals surface area contributed by atoms with Gasteiger partial charge in [0.25, 0.3) is 5.91 Å². The van der Waals surface area contributed by atoms with Crippen molar-refractivity contribution in [3.63, 3.8) is 0 Å². The number of carbonyl (C=O) groups is 1. The number of primary amides is 1. The largest absolute Gasteiger partial charge is 0.368 e. The molecule has 0 saturated carbocycles. The summed E-state index contributed by atoms with van der Waals surface area (Å²) in [4.78, 5) is 19.2. The van der Waals surface area contributed by atoms with Gasteiger partial charge < -0.3 is 16.8 Å². The summed E-state index contributed by atoms with van der Waals surface area (Å²) < 4.78 is 1.49. The molecule has 0 fully saturated rings. The second-order valence-corrected chi connectivity index (χ2v) is 4.28. The molecule has 3 aromatic rings. The average Bonchev–Trinajstić information content (AvgIpc) is 3.01. The van der Waals surface area contributed by atoms with Crippen molar-refractivity contribution < 1.29 is 4.79 Å². The molecule has 5 N–H and O–H groups in total. The fraction of sp³-hybridized carbons (Fsp3) is 0. The molecule has 0 bridgehead atoms. The van der Waals surface area contributed by atoms with Gasteiger partial charge in [0.15, 0.2) is 0 Å². The molecule has 10 heteroatoms. The predicted octanol–water partition coefficient (Wildman–Crippen LogP) is -0.123. The number of hydrogen-bond donors (Lipinski definition) is 3. The molecule has 0 saturated heterocycles. The number of hydrogen-bond acceptors (Lipinski definition) is 8. The molecule has 0 aliphatic carbocycles. The zero-order valence-corrected chi connectivity index (χ0v) is 11.2. The molecule has 2 aromatic heterocycles. The van der Waals surface area contributed by atoms with Crippen molar-refractivity contribution in [1.29, 1.82) is 0 Å². The van der Waals surface area contributed by atoms with Gasteiger partial charge in [-0.1, -0.05) is 6.07 Å². The molecule has 110 valence electrons. The highest BCUT2D eigenvalue weighted by Crippen LogP contribution is 2.20. The van der Waals surface area contributed by atoms with E-state index < -0.39 is 5.91 Å². The molecular weight excluding hydrogens is 286 g/mol. The number of nitrogens with two attached hydrogens (primary N) is 2. The highest BCUT2D eigenvalue weighted by Gasteiger charge is 2.12. The van der Waals surface area contributed by atoms with E-state index in [-0.39, 0.29) is 17.3 Å². The van der Waals surface area contributed by atoms with Gasteiger partial charge in [-0.2, -0.15) is 4.98 Å². The summed E-state index contributed by atoms with van der Waals surface area (Å²) in [5.74, 6) is -0.392. The van der Waals surface area contributed by atoms with E-state index in [1.54, 1.807) is 18.2 Å². The van der Waals surface area contributed by atoms with Crippen LogP contribution in [0.25, 0.3) is 5.69 Å². The highest BCUT2D eigenvalue weighted by molar-refractivity contribution is 5.98. The number of amides is 1. The molecule has 0 unspecified atom stereocenters. The lowest BCUT2D eigenvalue weighted by molar-refractivity contribution is 0.100. The second-order valence-electron chi connectivity index (χ2n) is 4.28. The van der Waals surface area contributed by atoms with Crippen LogP contribution in [0.5, 0.6) is 0 Å². The Labute approximate surface area is 124 Å². The van der Waals surface area contributed by atoms with Gasteiger partial charge in [0, 0.05) is 11.9 Å². The van der Waals surface area contributed by atoms with E-state index in [0.717, 1.165) is 5.69 Å². The molecule has 0 aliphatic rings. The molecule has 2 heterocycles. The number of nitrogens with one attached hydrogen (secondary N) is 1. The number of aromatic nitrogens is 6. The maximum atomic E-state index is 11.4. The van der Waals surface area contributed by atoms with Crippen LogP contribution >= 0.6 is 0 Å². The van der Waals surface area contributed by atoms with Gasteiger partial charge >= 0.3 is 0 Å². The number of tetrazole rings is 1. The van der Waals surface area contributed by atoms with Crippen LogP contribution in [-0.4, -0.2) is 36.1 Å². The molecule has 22 heavy (non-hydrogen) atoms. The van der Waals surface area contributed by atoms with Crippen molar-refractivity contribution in [1.82, 2.24) is 30.2 Å². The molecule has 0 atom stereocenters. The number of nitrogens with zero attached hydrogens (tertiary/aromatic N) is 6. The fourth-order valence-electron chi connectivity index (χ4n) is 1.81. The Balaban J connectivity index is 1.95. The van der Waals surface area contributed by atoms with Crippen LogP contribution in [0.15, 0.2) is 36.8 Å².